The zero-order valence-electron chi connectivity index (χ0n) is 17.1. The molecule has 0 aromatic carbocycles. The summed E-state index contributed by atoms with van der Waals surface area (Å²) in [5.74, 6) is -0.883. The molecule has 0 N–H and O–H groups in total. The highest BCUT2D eigenvalue weighted by Crippen LogP contribution is 2.39. The van der Waals surface area contributed by atoms with Crippen molar-refractivity contribution >= 4 is 19.8 Å². The van der Waals surface area contributed by atoms with Crippen molar-refractivity contribution in [3.63, 3.8) is 0 Å². The summed E-state index contributed by atoms with van der Waals surface area (Å²) in [5, 5.41) is 0. The minimum Gasteiger partial charge on any atom is -0.756 e. The maximum atomic E-state index is 12.5. The average Bonchev–Trinajstić information content (AvgIpc) is 2.58. The van der Waals surface area contributed by atoms with Crippen LogP contribution in [0.5, 0.6) is 0 Å². The van der Waals surface area contributed by atoms with Gasteiger partial charge in [-0.2, -0.15) is 0 Å². The van der Waals surface area contributed by atoms with Crippen LogP contribution in [0, 0.1) is 17.8 Å². The fourth-order valence-corrected chi connectivity index (χ4v) is 3.10. The Bertz CT molecular complexity index is 519. The molecule has 0 amide bonds. The second-order valence-electron chi connectivity index (χ2n) is 7.21. The van der Waals surface area contributed by atoms with E-state index < -0.39 is 24.6 Å². The number of phosphoric ester groups is 1. The lowest BCUT2D eigenvalue weighted by Gasteiger charge is -2.33. The van der Waals surface area contributed by atoms with Gasteiger partial charge in [0.1, 0.15) is 6.61 Å². The topological polar surface area (TPSA) is 111 Å². The van der Waals surface area contributed by atoms with E-state index in [4.69, 9.17) is 9.47 Å². The van der Waals surface area contributed by atoms with Crippen molar-refractivity contribution in [2.45, 2.75) is 60.3 Å². The van der Waals surface area contributed by atoms with Crippen molar-refractivity contribution in [1.82, 2.24) is 0 Å². The van der Waals surface area contributed by atoms with Gasteiger partial charge < -0.3 is 18.9 Å². The lowest BCUT2D eigenvalue weighted by molar-refractivity contribution is -0.225. The summed E-state index contributed by atoms with van der Waals surface area (Å²) in [5.41, 5.74) is -1.78. The van der Waals surface area contributed by atoms with Gasteiger partial charge in [-0.1, -0.05) is 20.3 Å². The minimum atomic E-state index is -4.43. The van der Waals surface area contributed by atoms with Crippen LogP contribution in [-0.4, -0.2) is 38.4 Å². The van der Waals surface area contributed by atoms with Crippen molar-refractivity contribution in [2.75, 3.05) is 26.4 Å². The summed E-state index contributed by atoms with van der Waals surface area (Å²) in [6, 6.07) is 0. The molecule has 0 bridgehead atoms. The lowest BCUT2D eigenvalue weighted by atomic mass is 9.72. The molecule has 2 atom stereocenters. The van der Waals surface area contributed by atoms with E-state index in [1.165, 1.54) is 0 Å². The number of rotatable bonds is 14. The van der Waals surface area contributed by atoms with E-state index in [0.29, 0.717) is 13.0 Å². The molecule has 0 aromatic rings. The number of ether oxygens (including phenoxy) is 2. The molecule has 0 aromatic heterocycles. The van der Waals surface area contributed by atoms with Crippen molar-refractivity contribution in [3.8, 4) is 0 Å². The number of hydrogen-bond donors (Lipinski definition) is 0. The number of carbonyl (C=O) groups excluding carboxylic acids is 2. The predicted molar refractivity (Wildman–Crippen MR) is 98.5 cm³/mol. The molecule has 2 unspecified atom stereocenters. The summed E-state index contributed by atoms with van der Waals surface area (Å²) in [4.78, 5) is 36.0. The molecule has 0 aliphatic rings. The first kappa shape index (κ1) is 25.9. The Morgan fingerprint density at radius 2 is 1.59 bits per heavy atom. The number of esters is 2. The van der Waals surface area contributed by atoms with E-state index in [2.05, 4.69) is 16.0 Å². The first-order chi connectivity index (χ1) is 12.4. The van der Waals surface area contributed by atoms with Crippen LogP contribution in [-0.2, 0) is 32.7 Å². The molecule has 0 radical (unpaired) electrons. The van der Waals surface area contributed by atoms with E-state index in [0.717, 1.165) is 12.8 Å². The first-order valence-electron chi connectivity index (χ1n) is 9.18. The molecule has 0 heterocycles. The van der Waals surface area contributed by atoms with Gasteiger partial charge in [-0.05, 0) is 40.0 Å². The summed E-state index contributed by atoms with van der Waals surface area (Å²) < 4.78 is 30.6. The van der Waals surface area contributed by atoms with Gasteiger partial charge in [0.2, 0.25) is 0 Å². The normalized spacial score (nSPS) is 16.2. The van der Waals surface area contributed by atoms with Crippen LogP contribution < -0.4 is 4.89 Å². The summed E-state index contributed by atoms with van der Waals surface area (Å²) >= 11 is 0. The maximum Gasteiger partial charge on any atom is 0.311 e. The standard InChI is InChI=1S/C18H33O8P/c1-7-10-11-23-15(19)17(4,5)14-18(6,8-2)16(20)24-12-13-26-27(21,22)25-9-3/h3,7-14H2,1-2,4-6H3. The molecule has 9 heteroatoms. The number of carbonyl (C=O) groups is 2. The van der Waals surface area contributed by atoms with E-state index in [1.54, 1.807) is 20.8 Å². The molecule has 0 rings (SSSR count). The molecular formula is C18H33O8P. The highest BCUT2D eigenvalue weighted by atomic mass is 31.2. The highest BCUT2D eigenvalue weighted by Gasteiger charge is 2.42. The highest BCUT2D eigenvalue weighted by molar-refractivity contribution is 7.45. The van der Waals surface area contributed by atoms with Crippen LogP contribution in [0.25, 0.3) is 0 Å². The third-order valence-electron chi connectivity index (χ3n) is 4.20. The van der Waals surface area contributed by atoms with Crippen LogP contribution in [0.1, 0.15) is 60.3 Å². The quantitative estimate of drug-likeness (QED) is 0.187. The average molecular weight is 408 g/mol. The van der Waals surface area contributed by atoms with E-state index in [-0.39, 0.29) is 32.2 Å². The Kier molecular flexibility index (Phi) is 11.2. The molecule has 0 aliphatic carbocycles. The van der Waals surface area contributed by atoms with Crippen molar-refractivity contribution < 1.29 is 37.6 Å². The van der Waals surface area contributed by atoms with Crippen LogP contribution in [0.15, 0.2) is 0 Å². The Morgan fingerprint density at radius 3 is 2.11 bits per heavy atom. The SMILES string of the molecule is [CH2+]COP(=O)([O-])OCCOC(=O)C(C)(CC)CC(C)(C)C(=O)OCCCC. The number of unbranched alkanes of at least 4 members (excludes halogenated alkanes) is 1. The monoisotopic (exact) mass is 408 g/mol. The third kappa shape index (κ3) is 9.60. The Hall–Kier alpha value is -1.08. The van der Waals surface area contributed by atoms with Gasteiger partial charge in [0.15, 0.2) is 6.61 Å². The summed E-state index contributed by atoms with van der Waals surface area (Å²) in [6.07, 6.45) is 2.40. The van der Waals surface area contributed by atoms with Gasteiger partial charge in [0.25, 0.3) is 7.82 Å². The zero-order chi connectivity index (χ0) is 21.1. The van der Waals surface area contributed by atoms with Crippen LogP contribution in [0.2, 0.25) is 0 Å². The van der Waals surface area contributed by atoms with Gasteiger partial charge in [-0.3, -0.25) is 18.7 Å². The fraction of sp³-hybridized carbons (Fsp3) is 0.833. The van der Waals surface area contributed by atoms with Crippen molar-refractivity contribution in [3.05, 3.63) is 6.92 Å². The minimum absolute atomic E-state index is 0.242. The predicted octanol–water partition coefficient (Wildman–Crippen LogP) is 3.04. The molecule has 0 aliphatic heterocycles. The molecule has 0 saturated carbocycles. The van der Waals surface area contributed by atoms with Gasteiger partial charge in [0, 0.05) is 0 Å². The Labute approximate surface area is 162 Å². The second-order valence-corrected chi connectivity index (χ2v) is 8.62. The van der Waals surface area contributed by atoms with Gasteiger partial charge in [-0.25, -0.2) is 0 Å². The summed E-state index contributed by atoms with van der Waals surface area (Å²) in [7, 11) is -4.43. The van der Waals surface area contributed by atoms with Crippen LogP contribution in [0.3, 0.4) is 0 Å². The van der Waals surface area contributed by atoms with Gasteiger partial charge >= 0.3 is 11.9 Å². The molecule has 0 saturated heterocycles. The van der Waals surface area contributed by atoms with Crippen LogP contribution >= 0.6 is 7.82 Å². The van der Waals surface area contributed by atoms with Gasteiger partial charge in [0.05, 0.1) is 31.0 Å². The van der Waals surface area contributed by atoms with Crippen molar-refractivity contribution in [2.24, 2.45) is 10.8 Å². The van der Waals surface area contributed by atoms with E-state index in [9.17, 15) is 19.0 Å². The molecular weight excluding hydrogens is 375 g/mol. The fourth-order valence-electron chi connectivity index (χ4n) is 2.50. The smallest absolute Gasteiger partial charge is 0.311 e. The van der Waals surface area contributed by atoms with Crippen molar-refractivity contribution in [1.29, 1.82) is 0 Å². The largest absolute Gasteiger partial charge is 0.756 e. The molecule has 158 valence electrons. The second kappa shape index (κ2) is 11.7. The molecule has 0 fully saturated rings. The van der Waals surface area contributed by atoms with E-state index in [1.807, 2.05) is 13.8 Å². The Morgan fingerprint density at radius 1 is 1.00 bits per heavy atom. The molecule has 0 spiro atoms. The number of phosphoric acid groups is 1. The van der Waals surface area contributed by atoms with Gasteiger partial charge in [-0.15, -0.1) is 0 Å². The first-order valence-corrected chi connectivity index (χ1v) is 10.6. The summed E-state index contributed by atoms with van der Waals surface area (Å²) in [6.45, 7) is 11.7. The zero-order valence-corrected chi connectivity index (χ0v) is 18.0. The Balaban J connectivity index is 4.68. The maximum absolute atomic E-state index is 12.5. The lowest BCUT2D eigenvalue weighted by Crippen LogP contribution is -2.39. The molecule has 8 nitrogen and oxygen atoms in total. The van der Waals surface area contributed by atoms with E-state index >= 15 is 0 Å². The third-order valence-corrected chi connectivity index (χ3v) is 5.20. The van der Waals surface area contributed by atoms with Crippen LogP contribution in [0.4, 0.5) is 0 Å². The number of hydrogen-bond acceptors (Lipinski definition) is 8. The molecule has 27 heavy (non-hydrogen) atoms.